The fraction of sp³-hybridized carbons (Fsp3) is 0.333. The van der Waals surface area contributed by atoms with Crippen LogP contribution in [0.5, 0.6) is 0 Å². The number of furan rings is 1. The first-order valence-corrected chi connectivity index (χ1v) is 13.0. The number of nitrogens with zero attached hydrogens (tertiary/aromatic N) is 3. The van der Waals surface area contributed by atoms with Crippen LogP contribution in [-0.4, -0.2) is 33.1 Å². The van der Waals surface area contributed by atoms with Crippen LogP contribution >= 0.6 is 27.3 Å². The zero-order valence-electron chi connectivity index (χ0n) is 19.6. The number of alkyl halides is 3. The number of rotatable bonds is 5. The molecule has 0 saturated heterocycles. The van der Waals surface area contributed by atoms with Gasteiger partial charge in [-0.2, -0.15) is 18.3 Å². The van der Waals surface area contributed by atoms with Gasteiger partial charge in [-0.25, -0.2) is 14.3 Å². The van der Waals surface area contributed by atoms with Crippen LogP contribution < -0.4 is 5.32 Å². The van der Waals surface area contributed by atoms with Crippen molar-refractivity contribution in [2.45, 2.75) is 39.3 Å². The quantitative estimate of drug-likeness (QED) is 0.268. The zero-order chi connectivity index (χ0) is 26.5. The van der Waals surface area contributed by atoms with Crippen molar-refractivity contribution >= 4 is 49.8 Å². The number of thiophene rings is 1. The third kappa shape index (κ3) is 4.65. The molecule has 8 nitrogen and oxygen atoms in total. The first-order valence-electron chi connectivity index (χ1n) is 11.4. The lowest BCUT2D eigenvalue weighted by Crippen LogP contribution is -2.18. The molecule has 194 valence electrons. The molecule has 1 aliphatic rings. The van der Waals surface area contributed by atoms with Crippen molar-refractivity contribution in [1.29, 1.82) is 0 Å². The van der Waals surface area contributed by atoms with Crippen molar-refractivity contribution in [2.24, 2.45) is 5.92 Å². The van der Waals surface area contributed by atoms with E-state index in [-0.39, 0.29) is 44.4 Å². The summed E-state index contributed by atoms with van der Waals surface area (Å²) in [5.41, 5.74) is -0.592. The van der Waals surface area contributed by atoms with Gasteiger partial charge < -0.3 is 14.5 Å². The molecule has 0 saturated carbocycles. The van der Waals surface area contributed by atoms with Crippen LogP contribution in [0.3, 0.4) is 0 Å². The summed E-state index contributed by atoms with van der Waals surface area (Å²) < 4.78 is 52.7. The van der Waals surface area contributed by atoms with E-state index in [4.69, 9.17) is 9.15 Å². The van der Waals surface area contributed by atoms with Gasteiger partial charge in [0.25, 0.3) is 5.91 Å². The van der Waals surface area contributed by atoms with Gasteiger partial charge in [-0.3, -0.25) is 4.79 Å². The van der Waals surface area contributed by atoms with Gasteiger partial charge in [0.1, 0.15) is 10.7 Å². The SMILES string of the molecule is CCOC(=O)c1c(NC(=O)c2nn3c(C(F)(F)F)cc(-c4ccco4)nc3c2Br)sc2c1CC[C@H](C)C2. The van der Waals surface area contributed by atoms with E-state index < -0.39 is 23.7 Å². The lowest BCUT2D eigenvalue weighted by Gasteiger charge is -2.18. The maximum Gasteiger partial charge on any atom is 0.433 e. The third-order valence-electron chi connectivity index (χ3n) is 6.03. The standard InChI is InChI=1S/C24H20BrF3N4O4S/c1-3-35-23(34)17-12-7-6-11(2)9-15(12)37-22(17)30-21(33)19-18(25)20-29-13(14-5-4-8-36-14)10-16(24(26,27)28)32(20)31-19/h4-5,8,10-11H,3,6-7,9H2,1-2H3,(H,30,33)/t11-/m0/s1. The molecule has 0 aliphatic heterocycles. The third-order valence-corrected chi connectivity index (χ3v) is 7.93. The highest BCUT2D eigenvalue weighted by molar-refractivity contribution is 9.10. The summed E-state index contributed by atoms with van der Waals surface area (Å²) in [5.74, 6) is -0.789. The van der Waals surface area contributed by atoms with Crippen LogP contribution in [0, 0.1) is 5.92 Å². The summed E-state index contributed by atoms with van der Waals surface area (Å²) in [6.45, 7) is 3.96. The Kier molecular flexibility index (Phi) is 6.61. The number of hydrogen-bond acceptors (Lipinski definition) is 7. The number of fused-ring (bicyclic) bond motifs is 2. The lowest BCUT2D eigenvalue weighted by atomic mass is 9.88. The second-order valence-corrected chi connectivity index (χ2v) is 10.5. The Morgan fingerprint density at radius 3 is 2.84 bits per heavy atom. The highest BCUT2D eigenvalue weighted by Crippen LogP contribution is 2.41. The van der Waals surface area contributed by atoms with Crippen molar-refractivity contribution in [2.75, 3.05) is 11.9 Å². The Morgan fingerprint density at radius 2 is 2.16 bits per heavy atom. The first-order chi connectivity index (χ1) is 17.6. The molecule has 5 rings (SSSR count). The van der Waals surface area contributed by atoms with Gasteiger partial charge in [0.15, 0.2) is 22.8 Å². The first kappa shape index (κ1) is 25.5. The number of esters is 1. The molecular formula is C24H20BrF3N4O4S. The van der Waals surface area contributed by atoms with Gasteiger partial charge in [-0.05, 0) is 71.8 Å². The number of halogens is 4. The van der Waals surface area contributed by atoms with Crippen LogP contribution in [0.4, 0.5) is 18.2 Å². The number of amides is 1. The second kappa shape index (κ2) is 9.60. The second-order valence-electron chi connectivity index (χ2n) is 8.63. The molecule has 4 aromatic rings. The molecular weight excluding hydrogens is 577 g/mol. The molecule has 0 fully saturated rings. The van der Waals surface area contributed by atoms with Crippen LogP contribution in [0.2, 0.25) is 0 Å². The van der Waals surface area contributed by atoms with E-state index in [9.17, 15) is 22.8 Å². The summed E-state index contributed by atoms with van der Waals surface area (Å²) in [6.07, 6.45) is -1.15. The maximum atomic E-state index is 13.9. The summed E-state index contributed by atoms with van der Waals surface area (Å²) in [5, 5.41) is 6.90. The van der Waals surface area contributed by atoms with Gasteiger partial charge in [-0.15, -0.1) is 11.3 Å². The van der Waals surface area contributed by atoms with E-state index in [1.165, 1.54) is 29.7 Å². The van der Waals surface area contributed by atoms with E-state index in [2.05, 4.69) is 38.3 Å². The summed E-state index contributed by atoms with van der Waals surface area (Å²) in [4.78, 5) is 31.3. The van der Waals surface area contributed by atoms with Crippen LogP contribution in [0.15, 0.2) is 33.4 Å². The molecule has 4 aromatic heterocycles. The minimum Gasteiger partial charge on any atom is -0.463 e. The Bertz CT molecular complexity index is 1510. The molecule has 1 atom stereocenters. The summed E-state index contributed by atoms with van der Waals surface area (Å²) in [6, 6.07) is 3.81. The van der Waals surface area contributed by atoms with E-state index in [1.54, 1.807) is 6.92 Å². The molecule has 13 heteroatoms. The molecule has 1 N–H and O–H groups in total. The molecule has 4 heterocycles. The van der Waals surface area contributed by atoms with E-state index >= 15 is 0 Å². The van der Waals surface area contributed by atoms with Crippen LogP contribution in [0.1, 0.15) is 57.2 Å². The monoisotopic (exact) mass is 596 g/mol. The number of nitrogens with one attached hydrogen (secondary N) is 1. The Labute approximate surface area is 221 Å². The van der Waals surface area contributed by atoms with Gasteiger partial charge in [0.05, 0.1) is 22.9 Å². The van der Waals surface area contributed by atoms with E-state index in [0.29, 0.717) is 16.9 Å². The molecule has 0 spiro atoms. The van der Waals surface area contributed by atoms with Crippen molar-refractivity contribution in [3.8, 4) is 11.5 Å². The molecule has 1 amide bonds. The number of ether oxygens (including phenoxy) is 1. The number of hydrogen-bond donors (Lipinski definition) is 1. The lowest BCUT2D eigenvalue weighted by molar-refractivity contribution is -0.142. The number of carbonyl (C=O) groups is 2. The molecule has 0 radical (unpaired) electrons. The summed E-state index contributed by atoms with van der Waals surface area (Å²) in [7, 11) is 0. The van der Waals surface area contributed by atoms with Crippen LogP contribution in [-0.2, 0) is 23.8 Å². The fourth-order valence-electron chi connectivity index (χ4n) is 4.31. The Balaban J connectivity index is 1.58. The molecule has 0 bridgehead atoms. The molecule has 1 aliphatic carbocycles. The fourth-order valence-corrected chi connectivity index (χ4v) is 6.22. The Morgan fingerprint density at radius 1 is 1.38 bits per heavy atom. The molecule has 0 aromatic carbocycles. The van der Waals surface area contributed by atoms with Gasteiger partial charge >= 0.3 is 12.1 Å². The summed E-state index contributed by atoms with van der Waals surface area (Å²) >= 11 is 4.48. The predicted molar refractivity (Wildman–Crippen MR) is 133 cm³/mol. The number of carbonyl (C=O) groups excluding carboxylic acids is 2. The van der Waals surface area contributed by atoms with E-state index in [1.807, 2.05) is 0 Å². The minimum atomic E-state index is -4.79. The topological polar surface area (TPSA) is 98.7 Å². The smallest absolute Gasteiger partial charge is 0.433 e. The molecule has 37 heavy (non-hydrogen) atoms. The zero-order valence-corrected chi connectivity index (χ0v) is 22.0. The largest absolute Gasteiger partial charge is 0.463 e. The minimum absolute atomic E-state index is 0.0310. The highest BCUT2D eigenvalue weighted by Gasteiger charge is 2.37. The van der Waals surface area contributed by atoms with Crippen molar-refractivity contribution in [3.05, 3.63) is 56.3 Å². The van der Waals surface area contributed by atoms with Gasteiger partial charge in [0, 0.05) is 4.88 Å². The molecule has 0 unspecified atom stereocenters. The average Bonchev–Trinajstić information content (AvgIpc) is 3.55. The number of aromatic nitrogens is 3. The van der Waals surface area contributed by atoms with Crippen molar-refractivity contribution in [1.82, 2.24) is 14.6 Å². The van der Waals surface area contributed by atoms with Crippen molar-refractivity contribution < 1.29 is 31.9 Å². The maximum absolute atomic E-state index is 13.9. The van der Waals surface area contributed by atoms with Gasteiger partial charge in [0.2, 0.25) is 0 Å². The number of anilines is 1. The predicted octanol–water partition coefficient (Wildman–Crippen LogP) is 6.39. The highest BCUT2D eigenvalue weighted by atomic mass is 79.9. The van der Waals surface area contributed by atoms with Crippen molar-refractivity contribution in [3.63, 3.8) is 0 Å². The van der Waals surface area contributed by atoms with Crippen LogP contribution in [0.25, 0.3) is 17.1 Å². The Hall–Kier alpha value is -3.19. The van der Waals surface area contributed by atoms with Gasteiger partial charge in [-0.1, -0.05) is 6.92 Å². The average molecular weight is 597 g/mol. The normalized spacial score (nSPS) is 15.6. The van der Waals surface area contributed by atoms with E-state index in [0.717, 1.165) is 29.3 Å².